The van der Waals surface area contributed by atoms with Crippen LogP contribution in [0.25, 0.3) is 0 Å². The Bertz CT molecular complexity index is 878. The van der Waals surface area contributed by atoms with Crippen molar-refractivity contribution >= 4 is 29.2 Å². The summed E-state index contributed by atoms with van der Waals surface area (Å²) in [6.07, 6.45) is 2.96. The molecule has 12 nitrogen and oxygen atoms in total. The van der Waals surface area contributed by atoms with Crippen molar-refractivity contribution in [3.8, 4) is 5.88 Å². The SMILES string of the molecule is COc1ncccc1Nc1ncc([N+](=O)[O-])c(NC2CCCN(C(=O)O)C2)n1. The number of nitrogens with one attached hydrogen (secondary N) is 2. The lowest BCUT2D eigenvalue weighted by atomic mass is 10.1. The number of rotatable bonds is 6. The molecule has 3 heterocycles. The zero-order valence-electron chi connectivity index (χ0n) is 15.0. The molecule has 1 saturated heterocycles. The summed E-state index contributed by atoms with van der Waals surface area (Å²) >= 11 is 0. The van der Waals surface area contributed by atoms with E-state index in [0.29, 0.717) is 31.0 Å². The Morgan fingerprint density at radius 2 is 2.29 bits per heavy atom. The van der Waals surface area contributed by atoms with Crippen molar-refractivity contribution < 1.29 is 19.6 Å². The molecule has 0 radical (unpaired) electrons. The third-order valence-corrected chi connectivity index (χ3v) is 4.21. The van der Waals surface area contributed by atoms with Crippen molar-refractivity contribution in [3.05, 3.63) is 34.6 Å². The number of piperidine rings is 1. The van der Waals surface area contributed by atoms with Gasteiger partial charge in [-0.3, -0.25) is 10.1 Å². The molecule has 2 aromatic rings. The molecule has 1 aliphatic heterocycles. The Balaban J connectivity index is 1.83. The molecule has 1 amide bonds. The molecule has 28 heavy (non-hydrogen) atoms. The minimum absolute atomic E-state index is 0.0163. The summed E-state index contributed by atoms with van der Waals surface area (Å²) in [5, 5.41) is 26.4. The van der Waals surface area contributed by atoms with E-state index in [1.165, 1.54) is 12.0 Å². The van der Waals surface area contributed by atoms with Gasteiger partial charge in [0.05, 0.1) is 12.0 Å². The molecule has 12 heteroatoms. The van der Waals surface area contributed by atoms with E-state index in [1.54, 1.807) is 18.3 Å². The molecule has 3 rings (SSSR count). The van der Waals surface area contributed by atoms with Gasteiger partial charge >= 0.3 is 11.8 Å². The van der Waals surface area contributed by atoms with Crippen molar-refractivity contribution in [2.75, 3.05) is 30.8 Å². The number of carboxylic acid groups (broad SMARTS) is 1. The second-order valence-electron chi connectivity index (χ2n) is 6.08. The zero-order chi connectivity index (χ0) is 20.1. The molecule has 0 aliphatic carbocycles. The predicted octanol–water partition coefficient (Wildman–Crippen LogP) is 2.09. The molecule has 0 aromatic carbocycles. The van der Waals surface area contributed by atoms with Crippen molar-refractivity contribution in [1.29, 1.82) is 0 Å². The molecule has 148 valence electrons. The molecule has 1 fully saturated rings. The van der Waals surface area contributed by atoms with Crippen LogP contribution in [0, 0.1) is 10.1 Å². The molecular weight excluding hydrogens is 370 g/mol. The number of likely N-dealkylation sites (tertiary alicyclic amines) is 1. The van der Waals surface area contributed by atoms with Crippen LogP contribution in [0.3, 0.4) is 0 Å². The zero-order valence-corrected chi connectivity index (χ0v) is 15.0. The summed E-state index contributed by atoms with van der Waals surface area (Å²) in [4.78, 5) is 35.4. The van der Waals surface area contributed by atoms with Gasteiger partial charge in [0.25, 0.3) is 0 Å². The summed E-state index contributed by atoms with van der Waals surface area (Å²) in [7, 11) is 1.47. The second kappa shape index (κ2) is 8.33. The Morgan fingerprint density at radius 3 is 3.00 bits per heavy atom. The smallest absolute Gasteiger partial charge is 0.407 e. The number of aromatic nitrogens is 3. The minimum Gasteiger partial charge on any atom is -0.480 e. The van der Waals surface area contributed by atoms with Gasteiger partial charge in [-0.25, -0.2) is 14.8 Å². The van der Waals surface area contributed by atoms with Crippen molar-refractivity contribution in [1.82, 2.24) is 19.9 Å². The largest absolute Gasteiger partial charge is 0.480 e. The van der Waals surface area contributed by atoms with Gasteiger partial charge in [-0.1, -0.05) is 0 Å². The maximum Gasteiger partial charge on any atom is 0.407 e. The van der Waals surface area contributed by atoms with Gasteiger partial charge in [0, 0.05) is 25.3 Å². The Morgan fingerprint density at radius 1 is 1.46 bits per heavy atom. The van der Waals surface area contributed by atoms with E-state index in [-0.39, 0.29) is 30.0 Å². The molecule has 0 saturated carbocycles. The first-order valence-corrected chi connectivity index (χ1v) is 8.49. The van der Waals surface area contributed by atoms with Crippen molar-refractivity contribution in [3.63, 3.8) is 0 Å². The van der Waals surface area contributed by atoms with E-state index in [4.69, 9.17) is 9.84 Å². The highest BCUT2D eigenvalue weighted by Crippen LogP contribution is 2.28. The second-order valence-corrected chi connectivity index (χ2v) is 6.08. The molecule has 3 N–H and O–H groups in total. The Kier molecular flexibility index (Phi) is 5.67. The first-order chi connectivity index (χ1) is 13.5. The fourth-order valence-electron chi connectivity index (χ4n) is 2.91. The van der Waals surface area contributed by atoms with Crippen LogP contribution in [-0.4, -0.2) is 62.2 Å². The van der Waals surface area contributed by atoms with Crippen LogP contribution < -0.4 is 15.4 Å². The van der Waals surface area contributed by atoms with E-state index in [0.717, 1.165) is 6.20 Å². The number of methoxy groups -OCH3 is 1. The first kappa shape index (κ1) is 19.1. The monoisotopic (exact) mass is 389 g/mol. The molecule has 2 aromatic heterocycles. The van der Waals surface area contributed by atoms with Crippen LogP contribution in [0.1, 0.15) is 12.8 Å². The summed E-state index contributed by atoms with van der Waals surface area (Å²) in [6, 6.07) is 3.10. The van der Waals surface area contributed by atoms with E-state index in [2.05, 4.69) is 25.6 Å². The minimum atomic E-state index is -1.02. The Labute approximate surface area is 159 Å². The Hall–Kier alpha value is -3.70. The van der Waals surface area contributed by atoms with Gasteiger partial charge < -0.3 is 25.4 Å². The molecule has 1 unspecified atom stereocenters. The summed E-state index contributed by atoms with van der Waals surface area (Å²) < 4.78 is 5.15. The average molecular weight is 389 g/mol. The lowest BCUT2D eigenvalue weighted by molar-refractivity contribution is -0.384. The fourth-order valence-corrected chi connectivity index (χ4v) is 2.91. The lowest BCUT2D eigenvalue weighted by Crippen LogP contribution is -2.44. The van der Waals surface area contributed by atoms with Gasteiger partial charge in [-0.2, -0.15) is 4.98 Å². The number of anilines is 3. The number of pyridine rings is 1. The maximum absolute atomic E-state index is 11.3. The molecule has 0 bridgehead atoms. The van der Waals surface area contributed by atoms with E-state index >= 15 is 0 Å². The number of ether oxygens (including phenoxy) is 1. The van der Waals surface area contributed by atoms with Crippen LogP contribution in [0.5, 0.6) is 5.88 Å². The summed E-state index contributed by atoms with van der Waals surface area (Å²) in [5.41, 5.74) is 0.204. The number of hydrogen-bond acceptors (Lipinski definition) is 9. The van der Waals surface area contributed by atoms with Gasteiger partial charge in [0.1, 0.15) is 11.9 Å². The quantitative estimate of drug-likeness (QED) is 0.494. The number of carbonyl (C=O) groups is 1. The highest BCUT2D eigenvalue weighted by Gasteiger charge is 2.26. The van der Waals surface area contributed by atoms with Crippen LogP contribution in [0.2, 0.25) is 0 Å². The fraction of sp³-hybridized carbons (Fsp3) is 0.375. The molecule has 1 atom stereocenters. The number of nitrogens with zero attached hydrogens (tertiary/aromatic N) is 5. The van der Waals surface area contributed by atoms with Crippen LogP contribution >= 0.6 is 0 Å². The highest BCUT2D eigenvalue weighted by molar-refractivity contribution is 5.66. The third kappa shape index (κ3) is 4.34. The first-order valence-electron chi connectivity index (χ1n) is 8.49. The van der Waals surface area contributed by atoms with E-state index in [9.17, 15) is 14.9 Å². The summed E-state index contributed by atoms with van der Waals surface area (Å²) in [6.45, 7) is 0.655. The van der Waals surface area contributed by atoms with Gasteiger partial charge in [0.15, 0.2) is 0 Å². The molecular formula is C16H19N7O5. The third-order valence-electron chi connectivity index (χ3n) is 4.21. The van der Waals surface area contributed by atoms with Crippen LogP contribution in [0.4, 0.5) is 27.9 Å². The molecule has 1 aliphatic rings. The van der Waals surface area contributed by atoms with E-state index in [1.807, 2.05) is 0 Å². The summed E-state index contributed by atoms with van der Waals surface area (Å²) in [5.74, 6) is 0.455. The van der Waals surface area contributed by atoms with Gasteiger partial charge in [-0.05, 0) is 25.0 Å². The lowest BCUT2D eigenvalue weighted by Gasteiger charge is -2.31. The average Bonchev–Trinajstić information content (AvgIpc) is 2.68. The number of nitro groups is 1. The van der Waals surface area contributed by atoms with Crippen molar-refractivity contribution in [2.24, 2.45) is 0 Å². The van der Waals surface area contributed by atoms with Gasteiger partial charge in [-0.15, -0.1) is 0 Å². The van der Waals surface area contributed by atoms with Gasteiger partial charge in [0.2, 0.25) is 17.6 Å². The van der Waals surface area contributed by atoms with Crippen LogP contribution in [-0.2, 0) is 0 Å². The van der Waals surface area contributed by atoms with Crippen LogP contribution in [0.15, 0.2) is 24.5 Å². The predicted molar refractivity (Wildman–Crippen MR) is 99.0 cm³/mol. The molecule has 0 spiro atoms. The highest BCUT2D eigenvalue weighted by atomic mass is 16.6. The normalized spacial score (nSPS) is 16.3. The number of hydrogen-bond donors (Lipinski definition) is 3. The maximum atomic E-state index is 11.3. The van der Waals surface area contributed by atoms with Crippen molar-refractivity contribution in [2.45, 2.75) is 18.9 Å². The topological polar surface area (TPSA) is 156 Å². The van der Waals surface area contributed by atoms with E-state index < -0.39 is 11.0 Å². The number of amides is 1. The standard InChI is InChI=1S/C16H19N7O5/c1-28-14-11(5-2-6-17-14)20-15-18-8-12(23(26)27)13(21-15)19-10-4-3-7-22(9-10)16(24)25/h2,5-6,8,10H,3-4,7,9H2,1H3,(H,24,25)(H2,18,19,20,21).